The molecule has 0 N–H and O–H groups in total. The topological polar surface area (TPSA) is 63.0 Å². The molecule has 146 valence electrons. The van der Waals surface area contributed by atoms with Crippen molar-refractivity contribution in [3.63, 3.8) is 0 Å². The zero-order valence-corrected chi connectivity index (χ0v) is 16.2. The lowest BCUT2D eigenvalue weighted by atomic mass is 9.98. The van der Waals surface area contributed by atoms with Crippen molar-refractivity contribution in [1.82, 2.24) is 9.80 Å². The van der Waals surface area contributed by atoms with Crippen LogP contribution in [0.5, 0.6) is 0 Å². The summed E-state index contributed by atoms with van der Waals surface area (Å²) in [6.45, 7) is 4.95. The minimum Gasteiger partial charge on any atom is -0.466 e. The van der Waals surface area contributed by atoms with Crippen molar-refractivity contribution in [2.24, 2.45) is 0 Å². The highest BCUT2D eigenvalue weighted by Crippen LogP contribution is 2.44. The van der Waals surface area contributed by atoms with E-state index in [1.165, 1.54) is 11.1 Å². The van der Waals surface area contributed by atoms with Gasteiger partial charge in [-0.25, -0.2) is 4.79 Å². The molecule has 5 rings (SSSR count). The molecule has 2 aromatic rings. The number of hydrogen-bond donors (Lipinski definition) is 0. The minimum absolute atomic E-state index is 0.00900. The number of amides is 2. The van der Waals surface area contributed by atoms with Gasteiger partial charge in [0.25, 0.3) is 5.91 Å². The number of fused-ring (bicyclic) bond motifs is 3. The molecule has 2 atom stereocenters. The van der Waals surface area contributed by atoms with Gasteiger partial charge in [0.2, 0.25) is 0 Å². The molecule has 2 saturated heterocycles. The Hall–Kier alpha value is -2.76. The van der Waals surface area contributed by atoms with Crippen LogP contribution in [0.4, 0.5) is 4.79 Å². The number of nitrogens with zero attached hydrogens (tertiary/aromatic N) is 2. The standard InChI is InChI=1S/C22H24N2O4/c1-13-11-18(14(2)27-13)21(25)23-9-7-16(8-10-23)24-20-17-6-4-3-5-15(17)12-19(20)28-22(24)26/h3-6,11,16,19-20H,7-10,12H2,1-2H3/t19-,20+/m1/s1. The van der Waals surface area contributed by atoms with Gasteiger partial charge < -0.3 is 14.1 Å². The fourth-order valence-electron chi connectivity index (χ4n) is 5.01. The Balaban J connectivity index is 1.31. The molecule has 2 aliphatic heterocycles. The van der Waals surface area contributed by atoms with E-state index in [0.29, 0.717) is 24.4 Å². The second-order valence-corrected chi connectivity index (χ2v) is 8.03. The van der Waals surface area contributed by atoms with E-state index >= 15 is 0 Å². The summed E-state index contributed by atoms with van der Waals surface area (Å²) in [5.41, 5.74) is 3.12. The number of carbonyl (C=O) groups is 2. The lowest BCUT2D eigenvalue weighted by Gasteiger charge is -2.37. The first-order valence-electron chi connectivity index (χ1n) is 9.96. The largest absolute Gasteiger partial charge is 0.466 e. The van der Waals surface area contributed by atoms with E-state index in [9.17, 15) is 9.59 Å². The predicted molar refractivity (Wildman–Crippen MR) is 102 cm³/mol. The molecule has 0 radical (unpaired) electrons. The first-order chi connectivity index (χ1) is 13.5. The summed E-state index contributed by atoms with van der Waals surface area (Å²) in [5, 5.41) is 0. The molecular formula is C22H24N2O4. The van der Waals surface area contributed by atoms with Crippen molar-refractivity contribution in [2.45, 2.75) is 51.3 Å². The number of carbonyl (C=O) groups excluding carboxylic acids is 2. The van der Waals surface area contributed by atoms with Gasteiger partial charge in [0.15, 0.2) is 0 Å². The van der Waals surface area contributed by atoms with Crippen LogP contribution in [-0.4, -0.2) is 47.0 Å². The molecule has 2 amide bonds. The Labute approximate surface area is 164 Å². The number of benzene rings is 1. The first kappa shape index (κ1) is 17.3. The van der Waals surface area contributed by atoms with Gasteiger partial charge in [-0.1, -0.05) is 24.3 Å². The van der Waals surface area contributed by atoms with Crippen molar-refractivity contribution < 1.29 is 18.7 Å². The van der Waals surface area contributed by atoms with E-state index in [2.05, 4.69) is 12.1 Å². The maximum absolute atomic E-state index is 12.8. The molecular weight excluding hydrogens is 356 g/mol. The molecule has 0 unspecified atom stereocenters. The van der Waals surface area contributed by atoms with Crippen molar-refractivity contribution in [1.29, 1.82) is 0 Å². The number of piperidine rings is 1. The van der Waals surface area contributed by atoms with Crippen LogP contribution in [0.1, 0.15) is 51.9 Å². The van der Waals surface area contributed by atoms with Gasteiger partial charge in [-0.15, -0.1) is 0 Å². The number of rotatable bonds is 2. The summed E-state index contributed by atoms with van der Waals surface area (Å²) in [4.78, 5) is 29.2. The highest BCUT2D eigenvalue weighted by Gasteiger charge is 2.50. The Morgan fingerprint density at radius 2 is 1.89 bits per heavy atom. The summed E-state index contributed by atoms with van der Waals surface area (Å²) in [5.74, 6) is 1.43. The lowest BCUT2D eigenvalue weighted by Crippen LogP contribution is -2.47. The fraction of sp³-hybridized carbons (Fsp3) is 0.455. The fourth-order valence-corrected chi connectivity index (χ4v) is 5.01. The Kier molecular flexibility index (Phi) is 3.96. The van der Waals surface area contributed by atoms with Crippen LogP contribution in [-0.2, 0) is 11.2 Å². The average Bonchev–Trinajstić information content (AvgIpc) is 3.31. The third-order valence-electron chi connectivity index (χ3n) is 6.33. The van der Waals surface area contributed by atoms with E-state index in [0.717, 1.165) is 25.0 Å². The number of likely N-dealkylation sites (tertiary alicyclic amines) is 1. The maximum Gasteiger partial charge on any atom is 0.411 e. The average molecular weight is 380 g/mol. The second-order valence-electron chi connectivity index (χ2n) is 8.03. The smallest absolute Gasteiger partial charge is 0.411 e. The summed E-state index contributed by atoms with van der Waals surface area (Å²) in [6.07, 6.45) is 2.03. The van der Waals surface area contributed by atoms with Crippen LogP contribution < -0.4 is 0 Å². The molecule has 6 nitrogen and oxygen atoms in total. The highest BCUT2D eigenvalue weighted by atomic mass is 16.6. The van der Waals surface area contributed by atoms with Gasteiger partial charge in [-0.2, -0.15) is 0 Å². The number of aryl methyl sites for hydroxylation is 2. The van der Waals surface area contributed by atoms with Gasteiger partial charge in [-0.3, -0.25) is 9.69 Å². The number of furan rings is 1. The van der Waals surface area contributed by atoms with Crippen LogP contribution in [0, 0.1) is 13.8 Å². The third kappa shape index (κ3) is 2.62. The Morgan fingerprint density at radius 3 is 2.61 bits per heavy atom. The maximum atomic E-state index is 12.8. The molecule has 6 heteroatoms. The summed E-state index contributed by atoms with van der Waals surface area (Å²) >= 11 is 0. The predicted octanol–water partition coefficient (Wildman–Crippen LogP) is 3.62. The van der Waals surface area contributed by atoms with Crippen LogP contribution in [0.2, 0.25) is 0 Å². The van der Waals surface area contributed by atoms with E-state index in [-0.39, 0.29) is 30.2 Å². The molecule has 0 spiro atoms. The van der Waals surface area contributed by atoms with Crippen LogP contribution in [0.15, 0.2) is 34.7 Å². The SMILES string of the molecule is Cc1cc(C(=O)N2CCC(N3C(=O)O[C@@H]4Cc5ccccc5[C@@H]43)CC2)c(C)o1. The van der Waals surface area contributed by atoms with Crippen LogP contribution in [0.25, 0.3) is 0 Å². The normalized spacial score (nSPS) is 24.3. The third-order valence-corrected chi connectivity index (χ3v) is 6.33. The first-order valence-corrected chi connectivity index (χ1v) is 9.96. The highest BCUT2D eigenvalue weighted by molar-refractivity contribution is 5.95. The summed E-state index contributed by atoms with van der Waals surface area (Å²) in [7, 11) is 0. The second kappa shape index (κ2) is 6.40. The van der Waals surface area contributed by atoms with Crippen LogP contribution >= 0.6 is 0 Å². The summed E-state index contributed by atoms with van der Waals surface area (Å²) in [6, 6.07) is 10.2. The number of hydrogen-bond acceptors (Lipinski definition) is 4. The lowest BCUT2D eigenvalue weighted by molar-refractivity contribution is 0.0634. The molecule has 0 bridgehead atoms. The van der Waals surface area contributed by atoms with E-state index in [1.807, 2.05) is 41.8 Å². The zero-order valence-electron chi connectivity index (χ0n) is 16.2. The molecule has 28 heavy (non-hydrogen) atoms. The Bertz CT molecular complexity index is 942. The van der Waals surface area contributed by atoms with Gasteiger partial charge in [-0.05, 0) is 43.9 Å². The van der Waals surface area contributed by atoms with E-state index in [4.69, 9.17) is 9.15 Å². The van der Waals surface area contributed by atoms with E-state index in [1.54, 1.807) is 0 Å². The summed E-state index contributed by atoms with van der Waals surface area (Å²) < 4.78 is 11.2. The quantitative estimate of drug-likeness (QED) is 0.798. The van der Waals surface area contributed by atoms with Gasteiger partial charge in [0.1, 0.15) is 17.6 Å². The molecule has 2 fully saturated rings. The van der Waals surface area contributed by atoms with E-state index < -0.39 is 0 Å². The van der Waals surface area contributed by atoms with Gasteiger partial charge in [0, 0.05) is 25.6 Å². The zero-order chi connectivity index (χ0) is 19.4. The molecule has 1 aromatic heterocycles. The number of ether oxygens (including phenoxy) is 1. The molecule has 1 aliphatic carbocycles. The van der Waals surface area contributed by atoms with Crippen LogP contribution in [0.3, 0.4) is 0 Å². The van der Waals surface area contributed by atoms with Crippen molar-refractivity contribution in [3.8, 4) is 0 Å². The monoisotopic (exact) mass is 380 g/mol. The van der Waals surface area contributed by atoms with Gasteiger partial charge >= 0.3 is 6.09 Å². The van der Waals surface area contributed by atoms with Crippen molar-refractivity contribution in [3.05, 3.63) is 58.5 Å². The molecule has 1 aromatic carbocycles. The Morgan fingerprint density at radius 1 is 1.14 bits per heavy atom. The molecule has 0 saturated carbocycles. The molecule has 3 aliphatic rings. The molecule has 3 heterocycles. The minimum atomic E-state index is -0.212. The van der Waals surface area contributed by atoms with Gasteiger partial charge in [0.05, 0.1) is 11.6 Å². The van der Waals surface area contributed by atoms with Crippen molar-refractivity contribution in [2.75, 3.05) is 13.1 Å². The van der Waals surface area contributed by atoms with Crippen molar-refractivity contribution >= 4 is 12.0 Å².